The van der Waals surface area contributed by atoms with Gasteiger partial charge in [0.1, 0.15) is 5.54 Å². The maximum absolute atomic E-state index is 12.9. The summed E-state index contributed by atoms with van der Waals surface area (Å²) in [6.45, 7) is 6.48. The van der Waals surface area contributed by atoms with Crippen LogP contribution in [0.25, 0.3) is 0 Å². The van der Waals surface area contributed by atoms with E-state index < -0.39 is 5.54 Å². The number of rotatable bonds is 6. The molecule has 26 heavy (non-hydrogen) atoms. The number of carbonyl (C=O) groups excluding carboxylic acids is 2. The lowest BCUT2D eigenvalue weighted by molar-refractivity contribution is -0.131. The molecule has 0 spiro atoms. The molecule has 1 heterocycles. The van der Waals surface area contributed by atoms with Crippen molar-refractivity contribution >= 4 is 11.9 Å². The molecule has 0 bridgehead atoms. The normalized spacial score (nSPS) is 19.9. The van der Waals surface area contributed by atoms with E-state index >= 15 is 0 Å². The van der Waals surface area contributed by atoms with Gasteiger partial charge in [-0.15, -0.1) is 0 Å². The summed E-state index contributed by atoms with van der Waals surface area (Å²) in [5.74, 6) is 0.257. The van der Waals surface area contributed by atoms with E-state index in [4.69, 9.17) is 0 Å². The van der Waals surface area contributed by atoms with Crippen LogP contribution in [0, 0.1) is 0 Å². The molecule has 1 aliphatic rings. The third-order valence-corrected chi connectivity index (χ3v) is 5.12. The Labute approximate surface area is 155 Å². The van der Waals surface area contributed by atoms with Crippen LogP contribution in [0.5, 0.6) is 0 Å². The van der Waals surface area contributed by atoms with Crippen molar-refractivity contribution in [3.05, 3.63) is 71.3 Å². The number of nitrogens with zero attached hydrogens (tertiary/aromatic N) is 1. The third-order valence-electron chi connectivity index (χ3n) is 5.12. The van der Waals surface area contributed by atoms with Crippen molar-refractivity contribution in [1.29, 1.82) is 0 Å². The van der Waals surface area contributed by atoms with Gasteiger partial charge in [-0.25, -0.2) is 4.79 Å². The zero-order valence-electron chi connectivity index (χ0n) is 15.7. The Morgan fingerprint density at radius 2 is 1.65 bits per heavy atom. The highest BCUT2D eigenvalue weighted by Crippen LogP contribution is 2.30. The van der Waals surface area contributed by atoms with Crippen LogP contribution in [0.1, 0.15) is 49.8 Å². The number of nitrogens with one attached hydrogen (secondary N) is 1. The standard InChI is InChI=1S/C22H26N2O2/c1-16(2)18-11-13-19(14-12-18)22(3)20(25)24(21(26)23-22)15-7-10-17-8-5-4-6-9-17/h4-6,8-9,11-14,16H,7,10,15H2,1-3H3,(H,23,26)/t22-/m1/s1. The van der Waals surface area contributed by atoms with Gasteiger partial charge in [0.25, 0.3) is 5.91 Å². The highest BCUT2D eigenvalue weighted by Gasteiger charge is 2.48. The molecule has 4 heteroatoms. The first-order valence-corrected chi connectivity index (χ1v) is 9.20. The molecular weight excluding hydrogens is 324 g/mol. The highest BCUT2D eigenvalue weighted by atomic mass is 16.2. The molecule has 0 radical (unpaired) electrons. The monoisotopic (exact) mass is 350 g/mol. The molecule has 2 aromatic carbocycles. The largest absolute Gasteiger partial charge is 0.325 e. The topological polar surface area (TPSA) is 49.4 Å². The summed E-state index contributed by atoms with van der Waals surface area (Å²) in [4.78, 5) is 26.7. The number of imide groups is 1. The van der Waals surface area contributed by atoms with Gasteiger partial charge in [0.05, 0.1) is 0 Å². The molecule has 0 aromatic heterocycles. The van der Waals surface area contributed by atoms with E-state index in [9.17, 15) is 9.59 Å². The number of amides is 3. The summed E-state index contributed by atoms with van der Waals surface area (Å²) >= 11 is 0. The first-order chi connectivity index (χ1) is 12.4. The van der Waals surface area contributed by atoms with Gasteiger partial charge in [0.15, 0.2) is 0 Å². The number of hydrogen-bond donors (Lipinski definition) is 1. The van der Waals surface area contributed by atoms with E-state index in [1.54, 1.807) is 6.92 Å². The third kappa shape index (κ3) is 3.50. The maximum atomic E-state index is 12.9. The minimum absolute atomic E-state index is 0.173. The second-order valence-electron chi connectivity index (χ2n) is 7.38. The van der Waals surface area contributed by atoms with Crippen LogP contribution in [0.15, 0.2) is 54.6 Å². The van der Waals surface area contributed by atoms with Crippen LogP contribution in [0.2, 0.25) is 0 Å². The van der Waals surface area contributed by atoms with Crippen molar-refractivity contribution in [2.75, 3.05) is 6.54 Å². The Balaban J connectivity index is 1.69. The number of urea groups is 1. The van der Waals surface area contributed by atoms with E-state index in [-0.39, 0.29) is 11.9 Å². The lowest BCUT2D eigenvalue weighted by Crippen LogP contribution is -2.41. The maximum Gasteiger partial charge on any atom is 0.325 e. The summed E-state index contributed by atoms with van der Waals surface area (Å²) in [6.07, 6.45) is 1.60. The Bertz CT molecular complexity index is 784. The van der Waals surface area contributed by atoms with E-state index in [0.717, 1.165) is 18.4 Å². The van der Waals surface area contributed by atoms with E-state index in [1.165, 1.54) is 16.0 Å². The van der Waals surface area contributed by atoms with Gasteiger partial charge in [-0.1, -0.05) is 68.4 Å². The van der Waals surface area contributed by atoms with Gasteiger partial charge in [-0.3, -0.25) is 9.69 Å². The van der Waals surface area contributed by atoms with Crippen LogP contribution >= 0.6 is 0 Å². The van der Waals surface area contributed by atoms with Gasteiger partial charge in [0, 0.05) is 6.54 Å². The van der Waals surface area contributed by atoms with Crippen LogP contribution in [0.3, 0.4) is 0 Å². The molecule has 1 N–H and O–H groups in total. The van der Waals surface area contributed by atoms with Crippen molar-refractivity contribution in [1.82, 2.24) is 10.2 Å². The van der Waals surface area contributed by atoms with Gasteiger partial charge in [-0.05, 0) is 42.4 Å². The van der Waals surface area contributed by atoms with Crippen molar-refractivity contribution in [3.63, 3.8) is 0 Å². The van der Waals surface area contributed by atoms with Crippen LogP contribution in [-0.2, 0) is 16.8 Å². The second-order valence-corrected chi connectivity index (χ2v) is 7.38. The molecule has 0 unspecified atom stereocenters. The summed E-state index contributed by atoms with van der Waals surface area (Å²) in [6, 6.07) is 17.8. The number of hydrogen-bond acceptors (Lipinski definition) is 2. The SMILES string of the molecule is CC(C)c1ccc([C@@]2(C)NC(=O)N(CCCc3ccccc3)C2=O)cc1. The Kier molecular flexibility index (Phi) is 5.12. The zero-order chi connectivity index (χ0) is 18.7. The number of carbonyl (C=O) groups is 2. The first kappa shape index (κ1) is 18.2. The predicted octanol–water partition coefficient (Wildman–Crippen LogP) is 4.21. The molecule has 3 rings (SSSR count). The molecule has 0 aliphatic carbocycles. The van der Waals surface area contributed by atoms with Gasteiger partial charge in [0.2, 0.25) is 0 Å². The van der Waals surface area contributed by atoms with Crippen LogP contribution in [0.4, 0.5) is 4.79 Å². The summed E-state index contributed by atoms with van der Waals surface area (Å²) in [5, 5.41) is 2.88. The molecule has 136 valence electrons. The van der Waals surface area contributed by atoms with Gasteiger partial charge >= 0.3 is 6.03 Å². The predicted molar refractivity (Wildman–Crippen MR) is 103 cm³/mol. The smallest absolute Gasteiger partial charge is 0.319 e. The van der Waals surface area contributed by atoms with Crippen LogP contribution in [-0.4, -0.2) is 23.4 Å². The Hall–Kier alpha value is -2.62. The lowest BCUT2D eigenvalue weighted by atomic mass is 9.90. The molecule has 3 amide bonds. The Morgan fingerprint density at radius 1 is 1.00 bits per heavy atom. The van der Waals surface area contributed by atoms with Crippen molar-refractivity contribution in [2.45, 2.75) is 45.1 Å². The van der Waals surface area contributed by atoms with Gasteiger partial charge < -0.3 is 5.32 Å². The molecule has 1 fully saturated rings. The minimum atomic E-state index is -0.987. The molecule has 1 aliphatic heterocycles. The molecule has 1 atom stereocenters. The zero-order valence-corrected chi connectivity index (χ0v) is 15.7. The number of aryl methyl sites for hydroxylation is 1. The summed E-state index contributed by atoms with van der Waals surface area (Å²) < 4.78 is 0. The average molecular weight is 350 g/mol. The summed E-state index contributed by atoms with van der Waals surface area (Å²) in [7, 11) is 0. The molecule has 0 saturated carbocycles. The van der Waals surface area contributed by atoms with Crippen molar-refractivity contribution < 1.29 is 9.59 Å². The van der Waals surface area contributed by atoms with Crippen LogP contribution < -0.4 is 5.32 Å². The fraction of sp³-hybridized carbons (Fsp3) is 0.364. The van der Waals surface area contributed by atoms with Crippen molar-refractivity contribution in [3.8, 4) is 0 Å². The average Bonchev–Trinajstić information content (AvgIpc) is 2.86. The van der Waals surface area contributed by atoms with E-state index in [1.807, 2.05) is 42.5 Å². The minimum Gasteiger partial charge on any atom is -0.319 e. The molecule has 2 aromatic rings. The fourth-order valence-electron chi connectivity index (χ4n) is 3.38. The molecular formula is C22H26N2O2. The lowest BCUT2D eigenvalue weighted by Gasteiger charge is -2.23. The first-order valence-electron chi connectivity index (χ1n) is 9.20. The fourth-order valence-corrected chi connectivity index (χ4v) is 3.38. The van der Waals surface area contributed by atoms with Gasteiger partial charge in [-0.2, -0.15) is 0 Å². The molecule has 4 nitrogen and oxygen atoms in total. The quantitative estimate of drug-likeness (QED) is 0.794. The highest BCUT2D eigenvalue weighted by molar-refractivity contribution is 6.07. The number of benzene rings is 2. The molecule has 1 saturated heterocycles. The second kappa shape index (κ2) is 7.32. The Morgan fingerprint density at radius 3 is 2.27 bits per heavy atom. The van der Waals surface area contributed by atoms with Crippen molar-refractivity contribution in [2.24, 2.45) is 0 Å². The summed E-state index contributed by atoms with van der Waals surface area (Å²) in [5.41, 5.74) is 2.27. The van der Waals surface area contributed by atoms with E-state index in [2.05, 4.69) is 31.3 Å². The van der Waals surface area contributed by atoms with E-state index in [0.29, 0.717) is 12.5 Å².